The second-order valence-electron chi connectivity index (χ2n) is 4.69. The SMILES string of the molecule is C=C(N)COCCOCCOCC(=C)OCc1ccccc1. The van der Waals surface area contributed by atoms with E-state index in [1.54, 1.807) is 0 Å². The highest BCUT2D eigenvalue weighted by molar-refractivity contribution is 5.13. The third-order valence-corrected chi connectivity index (χ3v) is 2.58. The minimum Gasteiger partial charge on any atom is -0.491 e. The standard InChI is InChI=1S/C17H25NO4/c1-15(18)12-20-10-8-19-9-11-21-13-16(2)22-14-17-6-4-3-5-7-17/h3-7H,1-2,8-14,18H2. The summed E-state index contributed by atoms with van der Waals surface area (Å²) in [5.41, 5.74) is 6.98. The topological polar surface area (TPSA) is 62.9 Å². The number of rotatable bonds is 13. The van der Waals surface area contributed by atoms with Crippen LogP contribution in [-0.4, -0.2) is 39.6 Å². The molecular weight excluding hydrogens is 282 g/mol. The Morgan fingerprint density at radius 3 is 2.09 bits per heavy atom. The molecule has 0 fully saturated rings. The lowest BCUT2D eigenvalue weighted by atomic mass is 10.2. The highest BCUT2D eigenvalue weighted by atomic mass is 16.6. The van der Waals surface area contributed by atoms with Crippen LogP contribution < -0.4 is 5.73 Å². The van der Waals surface area contributed by atoms with Gasteiger partial charge in [-0.3, -0.25) is 0 Å². The maximum atomic E-state index is 5.51. The Morgan fingerprint density at radius 1 is 0.864 bits per heavy atom. The molecule has 5 heteroatoms. The quantitative estimate of drug-likeness (QED) is 0.447. The van der Waals surface area contributed by atoms with Crippen molar-refractivity contribution in [2.24, 2.45) is 5.73 Å². The van der Waals surface area contributed by atoms with Crippen LogP contribution in [0.4, 0.5) is 0 Å². The lowest BCUT2D eigenvalue weighted by molar-refractivity contribution is 0.0144. The van der Waals surface area contributed by atoms with Gasteiger partial charge >= 0.3 is 0 Å². The monoisotopic (exact) mass is 307 g/mol. The molecule has 0 spiro atoms. The first kappa shape index (κ1) is 18.2. The van der Waals surface area contributed by atoms with E-state index in [-0.39, 0.29) is 0 Å². The molecule has 122 valence electrons. The van der Waals surface area contributed by atoms with E-state index < -0.39 is 0 Å². The normalized spacial score (nSPS) is 10.4. The van der Waals surface area contributed by atoms with Gasteiger partial charge in [-0.25, -0.2) is 0 Å². The number of hydrogen-bond donors (Lipinski definition) is 1. The van der Waals surface area contributed by atoms with Crippen molar-refractivity contribution in [2.45, 2.75) is 6.61 Å². The van der Waals surface area contributed by atoms with Crippen LogP contribution in [0.15, 0.2) is 54.9 Å². The van der Waals surface area contributed by atoms with Crippen molar-refractivity contribution in [3.63, 3.8) is 0 Å². The Morgan fingerprint density at radius 2 is 1.45 bits per heavy atom. The molecule has 22 heavy (non-hydrogen) atoms. The van der Waals surface area contributed by atoms with Crippen molar-refractivity contribution in [1.82, 2.24) is 0 Å². The van der Waals surface area contributed by atoms with E-state index in [0.717, 1.165) is 5.56 Å². The predicted octanol–water partition coefficient (Wildman–Crippen LogP) is 2.24. The fourth-order valence-electron chi connectivity index (χ4n) is 1.53. The van der Waals surface area contributed by atoms with Crippen LogP contribution in [0.5, 0.6) is 0 Å². The summed E-state index contributed by atoms with van der Waals surface area (Å²) in [6.45, 7) is 10.5. The molecule has 0 saturated heterocycles. The minimum absolute atomic E-state index is 0.360. The van der Waals surface area contributed by atoms with Gasteiger partial charge in [0, 0.05) is 5.70 Å². The smallest absolute Gasteiger partial charge is 0.115 e. The highest BCUT2D eigenvalue weighted by Gasteiger charge is 1.98. The molecule has 0 atom stereocenters. The van der Waals surface area contributed by atoms with Crippen LogP contribution in [0.3, 0.4) is 0 Å². The van der Waals surface area contributed by atoms with Gasteiger partial charge < -0.3 is 24.7 Å². The van der Waals surface area contributed by atoms with Gasteiger partial charge in [-0.1, -0.05) is 43.5 Å². The Kier molecular flexibility index (Phi) is 9.78. The van der Waals surface area contributed by atoms with Crippen molar-refractivity contribution >= 4 is 0 Å². The first-order valence-corrected chi connectivity index (χ1v) is 7.19. The zero-order valence-electron chi connectivity index (χ0n) is 13.0. The van der Waals surface area contributed by atoms with Gasteiger partial charge in [0.1, 0.15) is 19.0 Å². The molecule has 5 nitrogen and oxygen atoms in total. The third-order valence-electron chi connectivity index (χ3n) is 2.58. The zero-order valence-corrected chi connectivity index (χ0v) is 13.0. The molecule has 1 aromatic carbocycles. The summed E-state index contributed by atoms with van der Waals surface area (Å²) in [5.74, 6) is 0.605. The summed E-state index contributed by atoms with van der Waals surface area (Å²) in [6.07, 6.45) is 0. The average molecular weight is 307 g/mol. The molecule has 2 N–H and O–H groups in total. The molecular formula is C17H25NO4. The number of benzene rings is 1. The first-order valence-electron chi connectivity index (χ1n) is 7.19. The molecule has 0 unspecified atom stereocenters. The van der Waals surface area contributed by atoms with Crippen LogP contribution >= 0.6 is 0 Å². The van der Waals surface area contributed by atoms with Crippen molar-refractivity contribution in [3.05, 3.63) is 60.5 Å². The molecule has 0 bridgehead atoms. The van der Waals surface area contributed by atoms with E-state index in [0.29, 0.717) is 57.7 Å². The highest BCUT2D eigenvalue weighted by Crippen LogP contribution is 2.04. The molecule has 0 aromatic heterocycles. The first-order chi connectivity index (χ1) is 10.7. The summed E-state index contributed by atoms with van der Waals surface area (Å²) in [6, 6.07) is 9.93. The maximum Gasteiger partial charge on any atom is 0.115 e. The van der Waals surface area contributed by atoms with Crippen molar-refractivity contribution < 1.29 is 18.9 Å². The van der Waals surface area contributed by atoms with Gasteiger partial charge in [0.2, 0.25) is 0 Å². The minimum atomic E-state index is 0.360. The van der Waals surface area contributed by atoms with Crippen LogP contribution in [0.1, 0.15) is 5.56 Å². The Bertz CT molecular complexity index is 434. The summed E-state index contributed by atoms with van der Waals surface area (Å²) in [5, 5.41) is 0. The van der Waals surface area contributed by atoms with E-state index in [1.165, 1.54) is 0 Å². The Labute approximate surface area is 132 Å². The molecule has 0 aliphatic carbocycles. The predicted molar refractivity (Wildman–Crippen MR) is 86.2 cm³/mol. The Balaban J connectivity index is 1.89. The summed E-state index contributed by atoms with van der Waals surface area (Å²) in [4.78, 5) is 0. The molecule has 0 aliphatic rings. The largest absolute Gasteiger partial charge is 0.491 e. The zero-order chi connectivity index (χ0) is 16.0. The lowest BCUT2D eigenvalue weighted by Gasteiger charge is -2.10. The lowest BCUT2D eigenvalue weighted by Crippen LogP contribution is -2.12. The fourth-order valence-corrected chi connectivity index (χ4v) is 1.53. The second kappa shape index (κ2) is 11.8. The van der Waals surface area contributed by atoms with Gasteiger partial charge in [-0.05, 0) is 5.56 Å². The van der Waals surface area contributed by atoms with Gasteiger partial charge in [0.05, 0.1) is 33.0 Å². The van der Waals surface area contributed by atoms with Crippen LogP contribution in [0.2, 0.25) is 0 Å². The molecule has 0 heterocycles. The van der Waals surface area contributed by atoms with E-state index in [4.69, 9.17) is 24.7 Å². The van der Waals surface area contributed by atoms with E-state index in [2.05, 4.69) is 13.2 Å². The van der Waals surface area contributed by atoms with Crippen LogP contribution in [0.25, 0.3) is 0 Å². The number of ether oxygens (including phenoxy) is 4. The molecule has 0 saturated carbocycles. The fraction of sp³-hybridized carbons (Fsp3) is 0.412. The number of hydrogen-bond acceptors (Lipinski definition) is 5. The van der Waals surface area contributed by atoms with E-state index >= 15 is 0 Å². The van der Waals surface area contributed by atoms with Gasteiger partial charge in [-0.15, -0.1) is 0 Å². The van der Waals surface area contributed by atoms with Crippen molar-refractivity contribution in [3.8, 4) is 0 Å². The van der Waals surface area contributed by atoms with Crippen LogP contribution in [-0.2, 0) is 25.6 Å². The summed E-state index contributed by atoms with van der Waals surface area (Å²) >= 11 is 0. The van der Waals surface area contributed by atoms with Crippen molar-refractivity contribution in [1.29, 1.82) is 0 Å². The Hall–Kier alpha value is -1.82. The molecule has 0 radical (unpaired) electrons. The van der Waals surface area contributed by atoms with Gasteiger partial charge in [0.25, 0.3) is 0 Å². The second-order valence-corrected chi connectivity index (χ2v) is 4.69. The molecule has 0 aliphatic heterocycles. The van der Waals surface area contributed by atoms with Crippen LogP contribution in [0, 0.1) is 0 Å². The molecule has 1 rings (SSSR count). The van der Waals surface area contributed by atoms with Crippen molar-refractivity contribution in [2.75, 3.05) is 39.6 Å². The summed E-state index contributed by atoms with van der Waals surface area (Å²) in [7, 11) is 0. The maximum absolute atomic E-state index is 5.51. The van der Waals surface area contributed by atoms with Gasteiger partial charge in [0.15, 0.2) is 0 Å². The third kappa shape index (κ3) is 9.99. The van der Waals surface area contributed by atoms with E-state index in [9.17, 15) is 0 Å². The molecule has 0 amide bonds. The molecule has 1 aromatic rings. The van der Waals surface area contributed by atoms with Gasteiger partial charge in [-0.2, -0.15) is 0 Å². The summed E-state index contributed by atoms with van der Waals surface area (Å²) < 4.78 is 21.4. The van der Waals surface area contributed by atoms with E-state index in [1.807, 2.05) is 30.3 Å². The number of nitrogens with two attached hydrogens (primary N) is 1. The average Bonchev–Trinajstić information content (AvgIpc) is 2.52.